The smallest absolute Gasteiger partial charge is 0.0780 e. The van der Waals surface area contributed by atoms with Crippen LogP contribution in [0.2, 0.25) is 0 Å². The molecule has 0 aromatic heterocycles. The molecule has 1 N–H and O–H groups in total. The molecular weight excluding hydrogens is 803 g/mol. The van der Waals surface area contributed by atoms with Gasteiger partial charge in [0.15, 0.2) is 0 Å². The average molecular weight is 874 g/mol. The highest BCUT2D eigenvalue weighted by atomic mass is 16.5. The van der Waals surface area contributed by atoms with Gasteiger partial charge in [-0.2, -0.15) is 0 Å². The zero-order valence-corrected chi connectivity index (χ0v) is 40.9. The van der Waals surface area contributed by atoms with Crippen molar-refractivity contribution in [2.75, 3.05) is 28.2 Å². The average Bonchev–Trinajstić information content (AvgIpc) is 3.31. The van der Waals surface area contributed by atoms with E-state index >= 15 is 0 Å². The fourth-order valence-corrected chi connectivity index (χ4v) is 10.9. The number of rotatable bonds is 17. The first kappa shape index (κ1) is 46.4. The second-order valence-corrected chi connectivity index (χ2v) is 19.0. The number of anilines is 5. The third-order valence-electron chi connectivity index (χ3n) is 13.8. The molecule has 2 unspecified atom stereocenters. The molecule has 0 radical (unpaired) electrons. The van der Waals surface area contributed by atoms with Crippen LogP contribution >= 0.6 is 0 Å². The van der Waals surface area contributed by atoms with Crippen molar-refractivity contribution in [1.82, 2.24) is 0 Å². The molecule has 66 heavy (non-hydrogen) atoms. The highest BCUT2D eigenvalue weighted by Crippen LogP contribution is 2.42. The lowest BCUT2D eigenvalue weighted by molar-refractivity contribution is 0.00886. The summed E-state index contributed by atoms with van der Waals surface area (Å²) in [5.41, 5.74) is 20.4. The highest BCUT2D eigenvalue weighted by Gasteiger charge is 2.28. The Bertz CT molecular complexity index is 2590. The fraction of sp³-hybridized carbons (Fsp3) is 0.323. The largest absolute Gasteiger partial charge is 0.379 e. The molecule has 2 atom stereocenters. The molecule has 7 aromatic carbocycles. The Morgan fingerprint density at radius 1 is 0.606 bits per heavy atom. The Hall–Kier alpha value is -6.10. The summed E-state index contributed by atoms with van der Waals surface area (Å²) in [4.78, 5) is 5.04. The van der Waals surface area contributed by atoms with Crippen molar-refractivity contribution in [3.05, 3.63) is 201 Å². The zero-order chi connectivity index (χ0) is 46.3. The molecule has 0 heterocycles. The van der Waals surface area contributed by atoms with E-state index < -0.39 is 0 Å². The summed E-state index contributed by atoms with van der Waals surface area (Å²) >= 11 is 0. The third kappa shape index (κ3) is 10.1. The number of benzene rings is 7. The number of hydrogen-bond donors (Lipinski definition) is 1. The predicted octanol–water partition coefficient (Wildman–Crippen LogP) is 16.5. The van der Waals surface area contributed by atoms with Crippen LogP contribution in [0.3, 0.4) is 0 Å². The van der Waals surface area contributed by atoms with Crippen LogP contribution in [0.25, 0.3) is 16.8 Å². The van der Waals surface area contributed by atoms with E-state index in [0.717, 1.165) is 44.3 Å². The molecule has 4 heteroatoms. The van der Waals surface area contributed by atoms with Gasteiger partial charge in [-0.3, -0.25) is 0 Å². The Morgan fingerprint density at radius 2 is 1.11 bits per heavy atom. The quantitative estimate of drug-likeness (QED) is 0.0923. The molecule has 340 valence electrons. The van der Waals surface area contributed by atoms with Gasteiger partial charge in [0.2, 0.25) is 0 Å². The van der Waals surface area contributed by atoms with E-state index in [1.807, 2.05) is 6.08 Å². The van der Waals surface area contributed by atoms with Crippen LogP contribution in [0.4, 0.5) is 28.4 Å². The first-order chi connectivity index (χ1) is 32.1. The molecule has 0 aliphatic heterocycles. The van der Waals surface area contributed by atoms with Gasteiger partial charge in [0.1, 0.15) is 0 Å². The Kier molecular flexibility index (Phi) is 14.8. The second kappa shape index (κ2) is 21.0. The van der Waals surface area contributed by atoms with Gasteiger partial charge in [-0.15, -0.1) is 0 Å². The molecule has 1 fully saturated rings. The lowest BCUT2D eigenvalue weighted by Gasteiger charge is -2.33. The number of nitrogens with one attached hydrogen (secondary N) is 1. The number of nitrogens with zero attached hydrogens (tertiary/aromatic N) is 2. The highest BCUT2D eigenvalue weighted by molar-refractivity contribution is 5.97. The van der Waals surface area contributed by atoms with Crippen LogP contribution in [0.15, 0.2) is 140 Å². The van der Waals surface area contributed by atoms with E-state index in [1.54, 1.807) is 0 Å². The van der Waals surface area contributed by atoms with Gasteiger partial charge in [-0.25, -0.2) is 0 Å². The molecule has 8 rings (SSSR count). The van der Waals surface area contributed by atoms with Gasteiger partial charge in [-0.1, -0.05) is 154 Å². The standard InChI is InChI=1S/C62H71N3O/c1-10-35-64(61-44(6)37-42(4)38-45(61)7)52-29-25-50(26-30-52)60(51-27-31-53(32-28-51)65(36-11-2)62-46(8)39-43(5)40-47(62)9)56-33-34-57(55-18-14-13-17-54(55)56)63-58-19-15-16-20-59(58)66-41-49-23-21-48(12-3)22-24-49/h12-14,17-18,21-34,37-40,58-60,63H,3,10-11,15-16,19-20,35-36,41H2,1-2,4-9H3. The van der Waals surface area contributed by atoms with Crippen LogP contribution in [-0.4, -0.2) is 25.2 Å². The van der Waals surface area contributed by atoms with Crippen molar-refractivity contribution in [2.45, 2.75) is 119 Å². The Labute approximate surface area is 396 Å². The molecule has 7 aromatic rings. The summed E-state index contributed by atoms with van der Waals surface area (Å²) in [6.45, 7) is 24.4. The summed E-state index contributed by atoms with van der Waals surface area (Å²) in [5.74, 6) is 0.00948. The second-order valence-electron chi connectivity index (χ2n) is 19.0. The monoisotopic (exact) mass is 874 g/mol. The van der Waals surface area contributed by atoms with E-state index in [4.69, 9.17) is 4.74 Å². The minimum atomic E-state index is 0.00948. The third-order valence-corrected chi connectivity index (χ3v) is 13.8. The Balaban J connectivity index is 1.18. The van der Waals surface area contributed by atoms with Crippen LogP contribution < -0.4 is 15.1 Å². The van der Waals surface area contributed by atoms with Gasteiger partial charge in [0, 0.05) is 52.8 Å². The normalized spacial score (nSPS) is 15.0. The summed E-state index contributed by atoms with van der Waals surface area (Å²) < 4.78 is 6.70. The summed E-state index contributed by atoms with van der Waals surface area (Å²) in [5, 5.41) is 6.56. The molecule has 0 amide bonds. The maximum atomic E-state index is 6.70. The number of aryl methyl sites for hydroxylation is 6. The van der Waals surface area contributed by atoms with E-state index in [9.17, 15) is 0 Å². The molecule has 0 saturated heterocycles. The van der Waals surface area contributed by atoms with Crippen molar-refractivity contribution in [2.24, 2.45) is 0 Å². The summed E-state index contributed by atoms with van der Waals surface area (Å²) in [6, 6.07) is 50.7. The van der Waals surface area contributed by atoms with E-state index in [0.29, 0.717) is 6.61 Å². The maximum Gasteiger partial charge on any atom is 0.0780 e. The predicted molar refractivity (Wildman–Crippen MR) is 285 cm³/mol. The zero-order valence-electron chi connectivity index (χ0n) is 40.9. The molecule has 0 spiro atoms. The molecule has 1 saturated carbocycles. The molecule has 0 bridgehead atoms. The number of hydrogen-bond acceptors (Lipinski definition) is 4. The van der Waals surface area contributed by atoms with E-state index in [1.165, 1.54) is 108 Å². The van der Waals surface area contributed by atoms with Gasteiger partial charge < -0.3 is 19.9 Å². The van der Waals surface area contributed by atoms with Crippen LogP contribution in [0, 0.1) is 41.5 Å². The minimum Gasteiger partial charge on any atom is -0.379 e. The van der Waals surface area contributed by atoms with Gasteiger partial charge in [-0.05, 0) is 153 Å². The van der Waals surface area contributed by atoms with E-state index in [-0.39, 0.29) is 18.1 Å². The molecule has 1 aliphatic carbocycles. The van der Waals surface area contributed by atoms with Crippen LogP contribution in [-0.2, 0) is 11.3 Å². The summed E-state index contributed by atoms with van der Waals surface area (Å²) in [7, 11) is 0. The number of fused-ring (bicyclic) bond motifs is 1. The number of ether oxygens (including phenoxy) is 1. The Morgan fingerprint density at radius 3 is 1.61 bits per heavy atom. The van der Waals surface area contributed by atoms with Crippen molar-refractivity contribution in [3.8, 4) is 0 Å². The van der Waals surface area contributed by atoms with Crippen molar-refractivity contribution < 1.29 is 4.74 Å². The fourth-order valence-electron chi connectivity index (χ4n) is 10.9. The van der Waals surface area contributed by atoms with Gasteiger partial charge in [0.25, 0.3) is 0 Å². The van der Waals surface area contributed by atoms with Gasteiger partial charge in [0.05, 0.1) is 18.8 Å². The lowest BCUT2D eigenvalue weighted by atomic mass is 9.82. The lowest BCUT2D eigenvalue weighted by Crippen LogP contribution is -2.38. The van der Waals surface area contributed by atoms with Gasteiger partial charge >= 0.3 is 0 Å². The van der Waals surface area contributed by atoms with Crippen LogP contribution in [0.1, 0.15) is 119 Å². The molecule has 1 aliphatic rings. The van der Waals surface area contributed by atoms with Crippen molar-refractivity contribution >= 4 is 45.3 Å². The first-order valence-corrected chi connectivity index (χ1v) is 24.6. The minimum absolute atomic E-state index is 0.00948. The van der Waals surface area contributed by atoms with Crippen LogP contribution in [0.5, 0.6) is 0 Å². The maximum absolute atomic E-state index is 6.70. The topological polar surface area (TPSA) is 27.7 Å². The van der Waals surface area contributed by atoms with Crippen molar-refractivity contribution in [3.63, 3.8) is 0 Å². The SMILES string of the molecule is C=Cc1ccc(COC2CCCCC2Nc2ccc(C(c3ccc(N(CCC)c4c(C)cc(C)cc4C)cc3)c3ccc(N(CCC)c4c(C)cc(C)cc4C)cc3)c3ccccc23)cc1. The summed E-state index contributed by atoms with van der Waals surface area (Å²) in [6.07, 6.45) is 8.69. The van der Waals surface area contributed by atoms with Crippen molar-refractivity contribution in [1.29, 1.82) is 0 Å². The molecule has 4 nitrogen and oxygen atoms in total. The first-order valence-electron chi connectivity index (χ1n) is 24.6. The molecular formula is C62H71N3O. The van der Waals surface area contributed by atoms with E-state index in [2.05, 4.69) is 211 Å².